The number of hydrogen-bond donors (Lipinski definition) is 0. The summed E-state index contributed by atoms with van der Waals surface area (Å²) in [5.74, 6) is 0.724. The number of hydrogen-bond acceptors (Lipinski definition) is 3. The molecule has 106 valence electrons. The third-order valence-corrected chi connectivity index (χ3v) is 3.31. The van der Waals surface area contributed by atoms with Crippen molar-refractivity contribution < 1.29 is 4.74 Å². The molecular formula is C19H14N2O. The van der Waals surface area contributed by atoms with Crippen LogP contribution in [-0.4, -0.2) is 4.98 Å². The Hall–Kier alpha value is -3.12. The van der Waals surface area contributed by atoms with Crippen molar-refractivity contribution >= 4 is 0 Å². The maximum absolute atomic E-state index is 9.25. The highest BCUT2D eigenvalue weighted by Gasteiger charge is 2.11. The summed E-state index contributed by atoms with van der Waals surface area (Å²) in [6, 6.07) is 23.3. The van der Waals surface area contributed by atoms with Gasteiger partial charge in [-0.15, -0.1) is 0 Å². The van der Waals surface area contributed by atoms with Crippen LogP contribution in [0.25, 0.3) is 11.3 Å². The molecule has 0 amide bonds. The average molecular weight is 286 g/mol. The molecule has 0 aliphatic rings. The van der Waals surface area contributed by atoms with E-state index >= 15 is 0 Å². The minimum absolute atomic E-state index is 0.479. The second-order valence-corrected chi connectivity index (χ2v) is 4.78. The number of benzene rings is 2. The summed E-state index contributed by atoms with van der Waals surface area (Å²) in [4.78, 5) is 4.33. The lowest BCUT2D eigenvalue weighted by Crippen LogP contribution is -1.98. The second-order valence-electron chi connectivity index (χ2n) is 4.78. The van der Waals surface area contributed by atoms with Crippen molar-refractivity contribution in [2.45, 2.75) is 6.61 Å². The SMILES string of the molecule is N#Cc1cccnc1-c1ccccc1OCc1ccccc1. The lowest BCUT2D eigenvalue weighted by molar-refractivity contribution is 0.307. The van der Waals surface area contributed by atoms with Gasteiger partial charge >= 0.3 is 0 Å². The first-order valence-corrected chi connectivity index (χ1v) is 7.00. The van der Waals surface area contributed by atoms with E-state index in [0.29, 0.717) is 17.9 Å². The van der Waals surface area contributed by atoms with Crippen LogP contribution in [0.5, 0.6) is 5.75 Å². The van der Waals surface area contributed by atoms with Gasteiger partial charge in [-0.2, -0.15) is 5.26 Å². The summed E-state index contributed by atoms with van der Waals surface area (Å²) in [7, 11) is 0. The van der Waals surface area contributed by atoms with E-state index in [2.05, 4.69) is 11.1 Å². The van der Waals surface area contributed by atoms with Crippen LogP contribution in [0.3, 0.4) is 0 Å². The monoisotopic (exact) mass is 286 g/mol. The lowest BCUT2D eigenvalue weighted by atomic mass is 10.1. The Kier molecular flexibility index (Phi) is 4.12. The molecule has 3 rings (SSSR count). The summed E-state index contributed by atoms with van der Waals surface area (Å²) < 4.78 is 5.93. The van der Waals surface area contributed by atoms with Gasteiger partial charge in [-0.05, 0) is 29.8 Å². The fourth-order valence-electron chi connectivity index (χ4n) is 2.23. The van der Waals surface area contributed by atoms with Gasteiger partial charge in [-0.25, -0.2) is 0 Å². The van der Waals surface area contributed by atoms with Gasteiger partial charge in [0, 0.05) is 11.8 Å². The van der Waals surface area contributed by atoms with Crippen LogP contribution in [0.2, 0.25) is 0 Å². The minimum Gasteiger partial charge on any atom is -0.488 e. The first kappa shape index (κ1) is 13.8. The Morgan fingerprint density at radius 1 is 0.909 bits per heavy atom. The summed E-state index contributed by atoms with van der Waals surface area (Å²) >= 11 is 0. The number of ether oxygens (including phenoxy) is 1. The van der Waals surface area contributed by atoms with E-state index in [0.717, 1.165) is 16.9 Å². The van der Waals surface area contributed by atoms with Gasteiger partial charge in [0.2, 0.25) is 0 Å². The van der Waals surface area contributed by atoms with Crippen molar-refractivity contribution in [1.82, 2.24) is 4.98 Å². The number of para-hydroxylation sites is 1. The zero-order valence-electron chi connectivity index (χ0n) is 11.9. The standard InChI is InChI=1S/C19H14N2O/c20-13-16-9-6-12-21-19(16)17-10-4-5-11-18(17)22-14-15-7-2-1-3-8-15/h1-12H,14H2. The first-order valence-electron chi connectivity index (χ1n) is 7.00. The quantitative estimate of drug-likeness (QED) is 0.722. The molecule has 0 spiro atoms. The molecule has 0 radical (unpaired) electrons. The van der Waals surface area contributed by atoms with Crippen molar-refractivity contribution in [2.24, 2.45) is 0 Å². The fraction of sp³-hybridized carbons (Fsp3) is 0.0526. The van der Waals surface area contributed by atoms with Crippen LogP contribution in [-0.2, 0) is 6.61 Å². The molecule has 1 heterocycles. The number of nitrogens with zero attached hydrogens (tertiary/aromatic N) is 2. The highest BCUT2D eigenvalue weighted by atomic mass is 16.5. The highest BCUT2D eigenvalue weighted by Crippen LogP contribution is 2.30. The van der Waals surface area contributed by atoms with E-state index in [-0.39, 0.29) is 0 Å². The predicted molar refractivity (Wildman–Crippen MR) is 85.2 cm³/mol. The number of aromatic nitrogens is 1. The molecule has 0 saturated heterocycles. The molecule has 0 unspecified atom stereocenters. The van der Waals surface area contributed by atoms with E-state index in [1.165, 1.54) is 0 Å². The van der Waals surface area contributed by atoms with E-state index in [1.54, 1.807) is 18.3 Å². The summed E-state index contributed by atoms with van der Waals surface area (Å²) in [6.45, 7) is 0.479. The van der Waals surface area contributed by atoms with Gasteiger partial charge in [-0.3, -0.25) is 4.98 Å². The Morgan fingerprint density at radius 2 is 1.68 bits per heavy atom. The molecule has 0 saturated carbocycles. The molecule has 0 aliphatic heterocycles. The number of nitriles is 1. The first-order chi connectivity index (χ1) is 10.9. The number of rotatable bonds is 4. The van der Waals surface area contributed by atoms with E-state index in [1.807, 2.05) is 54.6 Å². The maximum atomic E-state index is 9.25. The van der Waals surface area contributed by atoms with Crippen molar-refractivity contribution in [3.8, 4) is 23.1 Å². The van der Waals surface area contributed by atoms with Crippen molar-refractivity contribution in [3.05, 3.63) is 84.1 Å². The Morgan fingerprint density at radius 3 is 2.50 bits per heavy atom. The van der Waals surface area contributed by atoms with Gasteiger partial charge in [0.1, 0.15) is 18.4 Å². The van der Waals surface area contributed by atoms with Gasteiger partial charge in [0.15, 0.2) is 0 Å². The van der Waals surface area contributed by atoms with Gasteiger partial charge in [0.05, 0.1) is 11.3 Å². The summed E-state index contributed by atoms with van der Waals surface area (Å²) in [5, 5.41) is 9.25. The molecular weight excluding hydrogens is 272 g/mol. The van der Waals surface area contributed by atoms with Crippen LogP contribution >= 0.6 is 0 Å². The maximum Gasteiger partial charge on any atom is 0.129 e. The van der Waals surface area contributed by atoms with Crippen LogP contribution in [0.15, 0.2) is 72.9 Å². The van der Waals surface area contributed by atoms with Crippen LogP contribution < -0.4 is 4.74 Å². The third-order valence-electron chi connectivity index (χ3n) is 3.31. The minimum atomic E-state index is 0.479. The predicted octanol–water partition coefficient (Wildman–Crippen LogP) is 4.20. The van der Waals surface area contributed by atoms with Crippen LogP contribution in [0.1, 0.15) is 11.1 Å². The fourth-order valence-corrected chi connectivity index (χ4v) is 2.23. The highest BCUT2D eigenvalue weighted by molar-refractivity contribution is 5.72. The van der Waals surface area contributed by atoms with Gasteiger partial charge in [-0.1, -0.05) is 42.5 Å². The van der Waals surface area contributed by atoms with Crippen molar-refractivity contribution in [3.63, 3.8) is 0 Å². The lowest BCUT2D eigenvalue weighted by Gasteiger charge is -2.12. The molecule has 0 aliphatic carbocycles. The van der Waals surface area contributed by atoms with Gasteiger partial charge in [0.25, 0.3) is 0 Å². The molecule has 2 aromatic carbocycles. The van der Waals surface area contributed by atoms with E-state index in [9.17, 15) is 5.26 Å². The Balaban J connectivity index is 1.92. The van der Waals surface area contributed by atoms with E-state index in [4.69, 9.17) is 4.74 Å². The Labute approximate surface area is 129 Å². The Bertz CT molecular complexity index is 807. The van der Waals surface area contributed by atoms with Gasteiger partial charge < -0.3 is 4.74 Å². The molecule has 0 N–H and O–H groups in total. The third kappa shape index (κ3) is 2.97. The summed E-state index contributed by atoms with van der Waals surface area (Å²) in [5.41, 5.74) is 3.11. The molecule has 3 heteroatoms. The zero-order chi connectivity index (χ0) is 15.2. The van der Waals surface area contributed by atoms with Crippen LogP contribution in [0, 0.1) is 11.3 Å². The zero-order valence-corrected chi connectivity index (χ0v) is 11.9. The largest absolute Gasteiger partial charge is 0.488 e. The molecule has 3 aromatic rings. The molecule has 3 nitrogen and oxygen atoms in total. The molecule has 1 aromatic heterocycles. The summed E-state index contributed by atoms with van der Waals surface area (Å²) in [6.07, 6.45) is 1.68. The average Bonchev–Trinajstić information content (AvgIpc) is 2.61. The van der Waals surface area contributed by atoms with Crippen LogP contribution in [0.4, 0.5) is 0 Å². The molecule has 0 atom stereocenters. The second kappa shape index (κ2) is 6.55. The van der Waals surface area contributed by atoms with Crippen molar-refractivity contribution in [1.29, 1.82) is 5.26 Å². The molecule has 0 bridgehead atoms. The topological polar surface area (TPSA) is 45.9 Å². The molecule has 22 heavy (non-hydrogen) atoms. The molecule has 0 fully saturated rings. The smallest absolute Gasteiger partial charge is 0.129 e. The normalized spacial score (nSPS) is 9.95. The number of pyridine rings is 1. The van der Waals surface area contributed by atoms with Crippen molar-refractivity contribution in [2.75, 3.05) is 0 Å². The van der Waals surface area contributed by atoms with E-state index < -0.39 is 0 Å².